The van der Waals surface area contributed by atoms with Crippen molar-refractivity contribution in [3.63, 3.8) is 0 Å². The van der Waals surface area contributed by atoms with E-state index in [2.05, 4.69) is 73.9 Å². The Bertz CT molecular complexity index is 687. The van der Waals surface area contributed by atoms with Crippen LogP contribution >= 0.6 is 0 Å². The van der Waals surface area contributed by atoms with Gasteiger partial charge in [-0.3, -0.25) is 0 Å². The minimum absolute atomic E-state index is 0.0456. The summed E-state index contributed by atoms with van der Waals surface area (Å²) in [6, 6.07) is 8.03. The lowest BCUT2D eigenvalue weighted by Gasteiger charge is -2.39. The molecule has 0 amide bonds. The fourth-order valence-electron chi connectivity index (χ4n) is 3.04. The maximum absolute atomic E-state index is 6.53. The van der Waals surface area contributed by atoms with Gasteiger partial charge in [-0.2, -0.15) is 0 Å². The zero-order valence-corrected chi connectivity index (χ0v) is 23.8. The Morgan fingerprint density at radius 2 is 1.55 bits per heavy atom. The quantitative estimate of drug-likeness (QED) is 0.240. The van der Waals surface area contributed by atoms with Gasteiger partial charge < -0.3 is 18.3 Å². The molecule has 0 heterocycles. The smallest absolute Gasteiger partial charge is 0.241 e. The first kappa shape index (κ1) is 27.9. The number of rotatable bonds is 12. The predicted molar refractivity (Wildman–Crippen MR) is 137 cm³/mol. The summed E-state index contributed by atoms with van der Waals surface area (Å²) < 4.78 is 24.5. The molecule has 1 aromatic rings. The van der Waals surface area contributed by atoms with Crippen LogP contribution in [0.25, 0.3) is 0 Å². The highest BCUT2D eigenvalue weighted by atomic mass is 28.4. The van der Waals surface area contributed by atoms with Crippen molar-refractivity contribution >= 4 is 16.6 Å². The minimum atomic E-state index is -1.83. The van der Waals surface area contributed by atoms with E-state index in [0.717, 1.165) is 17.1 Å². The largest absolute Gasteiger partial charge is 0.547 e. The molecular formula is C25H46O4Si2. The highest BCUT2D eigenvalue weighted by molar-refractivity contribution is 6.74. The van der Waals surface area contributed by atoms with Crippen LogP contribution in [0.5, 0.6) is 5.75 Å². The molecule has 0 aliphatic carbocycles. The van der Waals surface area contributed by atoms with Crippen molar-refractivity contribution in [2.75, 3.05) is 13.7 Å². The zero-order valence-electron chi connectivity index (χ0n) is 21.8. The average Bonchev–Trinajstić information content (AvgIpc) is 2.64. The second-order valence-electron chi connectivity index (χ2n) is 11.1. The first-order valence-electron chi connectivity index (χ1n) is 11.3. The van der Waals surface area contributed by atoms with Crippen molar-refractivity contribution in [2.24, 2.45) is 11.8 Å². The molecule has 178 valence electrons. The Hall–Kier alpha value is -1.09. The van der Waals surface area contributed by atoms with E-state index in [1.807, 2.05) is 24.3 Å². The second kappa shape index (κ2) is 11.2. The first-order valence-corrected chi connectivity index (χ1v) is 17.7. The predicted octanol–water partition coefficient (Wildman–Crippen LogP) is 7.24. The number of ether oxygens (including phenoxy) is 2. The molecule has 0 fully saturated rings. The van der Waals surface area contributed by atoms with Gasteiger partial charge in [0, 0.05) is 18.4 Å². The van der Waals surface area contributed by atoms with Gasteiger partial charge in [0.05, 0.1) is 25.6 Å². The van der Waals surface area contributed by atoms with Crippen LogP contribution in [0.15, 0.2) is 36.6 Å². The van der Waals surface area contributed by atoms with Gasteiger partial charge in [0.15, 0.2) is 8.32 Å². The average molecular weight is 467 g/mol. The van der Waals surface area contributed by atoms with Crippen LogP contribution in [0.3, 0.4) is 0 Å². The molecule has 0 saturated carbocycles. The number of benzene rings is 1. The van der Waals surface area contributed by atoms with Crippen molar-refractivity contribution < 1.29 is 18.3 Å². The van der Waals surface area contributed by atoms with Gasteiger partial charge in [-0.1, -0.05) is 53.3 Å². The Kier molecular flexibility index (Phi) is 10.1. The normalized spacial score (nSPS) is 15.8. The standard InChI is InChI=1S/C25H46O4Si2/c1-19(17-28-31(11,12)25(4,5)6)24(20(2)21(3)29-30(8,9)10)27-18-22-13-15-23(26-7)16-14-22/h13-16,19-20,24H,3,17-18H2,1-2,4-12H3/t19-,20-,24-/m1/s1. The summed E-state index contributed by atoms with van der Waals surface area (Å²) in [5.41, 5.74) is 1.12. The minimum Gasteiger partial charge on any atom is -0.547 e. The summed E-state index contributed by atoms with van der Waals surface area (Å²) in [4.78, 5) is 0. The molecule has 0 aliphatic rings. The summed E-state index contributed by atoms with van der Waals surface area (Å²) in [6.45, 7) is 27.8. The van der Waals surface area contributed by atoms with Crippen molar-refractivity contribution in [1.29, 1.82) is 0 Å². The molecule has 0 saturated heterocycles. The van der Waals surface area contributed by atoms with Gasteiger partial charge in [0.2, 0.25) is 8.32 Å². The van der Waals surface area contributed by atoms with Crippen molar-refractivity contribution in [2.45, 2.75) is 85.1 Å². The molecule has 1 aromatic carbocycles. The fraction of sp³-hybridized carbons (Fsp3) is 0.680. The van der Waals surface area contributed by atoms with Gasteiger partial charge in [-0.25, -0.2) is 0 Å². The van der Waals surface area contributed by atoms with Crippen LogP contribution in [0.4, 0.5) is 0 Å². The molecule has 0 unspecified atom stereocenters. The Morgan fingerprint density at radius 1 is 1.00 bits per heavy atom. The molecule has 3 atom stereocenters. The number of methoxy groups -OCH3 is 1. The Labute approximate surface area is 193 Å². The Morgan fingerprint density at radius 3 is 2.00 bits per heavy atom. The monoisotopic (exact) mass is 466 g/mol. The molecule has 0 radical (unpaired) electrons. The van der Waals surface area contributed by atoms with Crippen LogP contribution in [-0.2, 0) is 20.2 Å². The lowest BCUT2D eigenvalue weighted by Crippen LogP contribution is -2.44. The lowest BCUT2D eigenvalue weighted by atomic mass is 9.92. The highest BCUT2D eigenvalue weighted by Gasteiger charge is 2.38. The molecule has 0 aromatic heterocycles. The summed E-state index contributed by atoms with van der Waals surface area (Å²) in [7, 11) is -1.88. The van der Waals surface area contributed by atoms with E-state index in [1.54, 1.807) is 7.11 Å². The van der Waals surface area contributed by atoms with Gasteiger partial charge in [-0.05, 0) is 55.5 Å². The van der Waals surface area contributed by atoms with Gasteiger partial charge in [0.25, 0.3) is 0 Å². The third-order valence-electron chi connectivity index (χ3n) is 6.11. The van der Waals surface area contributed by atoms with E-state index < -0.39 is 16.6 Å². The summed E-state index contributed by atoms with van der Waals surface area (Å²) in [5, 5.41) is 0.183. The van der Waals surface area contributed by atoms with Gasteiger partial charge >= 0.3 is 0 Å². The molecule has 4 nitrogen and oxygen atoms in total. The molecule has 1 rings (SSSR count). The van der Waals surface area contributed by atoms with Crippen molar-refractivity contribution in [3.8, 4) is 5.75 Å². The van der Waals surface area contributed by atoms with Crippen LogP contribution in [-0.4, -0.2) is 36.5 Å². The molecular weight excluding hydrogens is 420 g/mol. The topological polar surface area (TPSA) is 36.9 Å². The highest BCUT2D eigenvalue weighted by Crippen LogP contribution is 2.37. The van der Waals surface area contributed by atoms with E-state index in [0.29, 0.717) is 13.2 Å². The molecule has 31 heavy (non-hydrogen) atoms. The summed E-state index contributed by atoms with van der Waals surface area (Å²) in [5.74, 6) is 1.95. The maximum Gasteiger partial charge on any atom is 0.241 e. The lowest BCUT2D eigenvalue weighted by molar-refractivity contribution is -0.0384. The van der Waals surface area contributed by atoms with Crippen molar-refractivity contribution in [1.82, 2.24) is 0 Å². The van der Waals surface area contributed by atoms with Gasteiger partial charge in [0.1, 0.15) is 5.75 Å². The van der Waals surface area contributed by atoms with E-state index in [-0.39, 0.29) is 23.0 Å². The summed E-state index contributed by atoms with van der Waals surface area (Å²) >= 11 is 0. The number of hydrogen-bond acceptors (Lipinski definition) is 4. The van der Waals surface area contributed by atoms with Crippen LogP contribution < -0.4 is 4.74 Å². The fourth-order valence-corrected chi connectivity index (χ4v) is 5.12. The van der Waals surface area contributed by atoms with E-state index >= 15 is 0 Å². The van der Waals surface area contributed by atoms with E-state index in [9.17, 15) is 0 Å². The van der Waals surface area contributed by atoms with E-state index in [4.69, 9.17) is 18.3 Å². The molecule has 0 aliphatic heterocycles. The second-order valence-corrected chi connectivity index (χ2v) is 20.4. The molecule has 0 N–H and O–H groups in total. The first-order chi connectivity index (χ1) is 14.1. The van der Waals surface area contributed by atoms with Crippen LogP contribution in [0.1, 0.15) is 40.2 Å². The number of hydrogen-bond donors (Lipinski definition) is 0. The van der Waals surface area contributed by atoms with Crippen LogP contribution in [0, 0.1) is 11.8 Å². The maximum atomic E-state index is 6.53. The third-order valence-corrected chi connectivity index (χ3v) is 11.5. The van der Waals surface area contributed by atoms with Crippen LogP contribution in [0.2, 0.25) is 37.8 Å². The van der Waals surface area contributed by atoms with Crippen molar-refractivity contribution in [3.05, 3.63) is 42.2 Å². The summed E-state index contributed by atoms with van der Waals surface area (Å²) in [6.07, 6.45) is -0.0456. The molecule has 6 heteroatoms. The SMILES string of the molecule is C=C(O[Si](C)(C)C)[C@@H](C)[C@H](OCc1ccc(OC)cc1)[C@H](C)CO[Si](C)(C)C(C)(C)C. The molecule has 0 bridgehead atoms. The van der Waals surface area contributed by atoms with E-state index in [1.165, 1.54) is 0 Å². The van der Waals surface area contributed by atoms with Gasteiger partial charge in [-0.15, -0.1) is 0 Å². The third kappa shape index (κ3) is 9.12. The molecule has 0 spiro atoms. The zero-order chi connectivity index (χ0) is 24.0. The Balaban J connectivity index is 2.95.